The lowest BCUT2D eigenvalue weighted by Gasteiger charge is -2.13. The first-order chi connectivity index (χ1) is 9.08. The molecule has 1 aliphatic heterocycles. The van der Waals surface area contributed by atoms with Crippen LogP contribution >= 0.6 is 0 Å². The standard InChI is InChI=1S/C14H12N2O3/c1-9-5-2-3-6-10(9)7-4-8-11-12(17)15-14(19)16-13(11)18/h2-8H,1H3,(H2,15,16,17,18,19). The average Bonchev–Trinajstić information content (AvgIpc) is 2.34. The monoisotopic (exact) mass is 256 g/mol. The maximum atomic E-state index is 11.4. The molecule has 0 unspecified atom stereocenters. The predicted octanol–water partition coefficient (Wildman–Crippen LogP) is 1.30. The van der Waals surface area contributed by atoms with E-state index in [2.05, 4.69) is 0 Å². The van der Waals surface area contributed by atoms with Gasteiger partial charge in [-0.2, -0.15) is 0 Å². The topological polar surface area (TPSA) is 75.3 Å². The van der Waals surface area contributed by atoms with Crippen LogP contribution in [0.5, 0.6) is 0 Å². The molecule has 1 aliphatic rings. The fourth-order valence-electron chi connectivity index (χ4n) is 1.65. The second-order valence-electron chi connectivity index (χ2n) is 4.03. The lowest BCUT2D eigenvalue weighted by Crippen LogP contribution is -2.51. The molecule has 1 aromatic carbocycles. The van der Waals surface area contributed by atoms with E-state index in [1.54, 1.807) is 12.2 Å². The summed E-state index contributed by atoms with van der Waals surface area (Å²) in [4.78, 5) is 33.7. The van der Waals surface area contributed by atoms with E-state index in [0.717, 1.165) is 11.1 Å². The molecular formula is C14H12N2O3. The highest BCUT2D eigenvalue weighted by atomic mass is 16.2. The van der Waals surface area contributed by atoms with Gasteiger partial charge in [-0.25, -0.2) is 4.79 Å². The lowest BCUT2D eigenvalue weighted by atomic mass is 10.1. The molecule has 0 atom stereocenters. The van der Waals surface area contributed by atoms with Gasteiger partial charge in [-0.1, -0.05) is 36.4 Å². The number of hydrogen-bond donors (Lipinski definition) is 2. The summed E-state index contributed by atoms with van der Waals surface area (Å²) in [6.07, 6.45) is 4.77. The molecule has 2 rings (SSSR count). The number of barbiturate groups is 1. The van der Waals surface area contributed by atoms with Gasteiger partial charge in [0.2, 0.25) is 0 Å². The third-order valence-corrected chi connectivity index (χ3v) is 2.67. The second kappa shape index (κ2) is 5.30. The second-order valence-corrected chi connectivity index (χ2v) is 4.03. The van der Waals surface area contributed by atoms with Gasteiger partial charge in [0.15, 0.2) is 0 Å². The normalized spacial score (nSPS) is 15.4. The van der Waals surface area contributed by atoms with Crippen LogP contribution in [0.4, 0.5) is 4.79 Å². The van der Waals surface area contributed by atoms with Gasteiger partial charge in [0.1, 0.15) is 5.57 Å². The van der Waals surface area contributed by atoms with Crippen LogP contribution in [0.1, 0.15) is 11.1 Å². The van der Waals surface area contributed by atoms with Gasteiger partial charge in [0.05, 0.1) is 0 Å². The van der Waals surface area contributed by atoms with Gasteiger partial charge in [-0.15, -0.1) is 0 Å². The molecule has 0 radical (unpaired) electrons. The number of imide groups is 2. The molecule has 4 amide bonds. The van der Waals surface area contributed by atoms with Crippen molar-refractivity contribution in [3.8, 4) is 0 Å². The van der Waals surface area contributed by atoms with Crippen LogP contribution in [-0.4, -0.2) is 17.8 Å². The Morgan fingerprint density at radius 2 is 1.63 bits per heavy atom. The van der Waals surface area contributed by atoms with Crippen LogP contribution in [-0.2, 0) is 9.59 Å². The minimum absolute atomic E-state index is 0.0931. The Kier molecular flexibility index (Phi) is 3.56. The van der Waals surface area contributed by atoms with Crippen LogP contribution in [0.25, 0.3) is 6.08 Å². The van der Waals surface area contributed by atoms with Crippen LogP contribution < -0.4 is 10.6 Å². The smallest absolute Gasteiger partial charge is 0.273 e. The number of benzene rings is 1. The molecule has 5 nitrogen and oxygen atoms in total. The molecule has 0 bridgehead atoms. The zero-order valence-electron chi connectivity index (χ0n) is 10.3. The largest absolute Gasteiger partial charge is 0.328 e. The van der Waals surface area contributed by atoms with E-state index in [1.807, 2.05) is 41.8 Å². The van der Waals surface area contributed by atoms with E-state index < -0.39 is 17.8 Å². The molecular weight excluding hydrogens is 244 g/mol. The number of allylic oxidation sites excluding steroid dienone is 2. The summed E-state index contributed by atoms with van der Waals surface area (Å²) in [7, 11) is 0. The van der Waals surface area contributed by atoms with Gasteiger partial charge in [0, 0.05) is 0 Å². The quantitative estimate of drug-likeness (QED) is 0.618. The number of amides is 4. The van der Waals surface area contributed by atoms with Crippen molar-refractivity contribution < 1.29 is 14.4 Å². The molecule has 0 aromatic heterocycles. The van der Waals surface area contributed by atoms with E-state index >= 15 is 0 Å². The van der Waals surface area contributed by atoms with Crippen molar-refractivity contribution in [3.63, 3.8) is 0 Å². The number of aryl methyl sites for hydroxylation is 1. The summed E-state index contributed by atoms with van der Waals surface area (Å²) < 4.78 is 0. The van der Waals surface area contributed by atoms with Crippen LogP contribution in [0, 0.1) is 6.92 Å². The van der Waals surface area contributed by atoms with Crippen molar-refractivity contribution in [2.45, 2.75) is 6.92 Å². The molecule has 0 aliphatic carbocycles. The van der Waals surface area contributed by atoms with Crippen molar-refractivity contribution in [2.75, 3.05) is 0 Å². The molecule has 19 heavy (non-hydrogen) atoms. The number of carbonyl (C=O) groups is 3. The van der Waals surface area contributed by atoms with Crippen molar-refractivity contribution in [1.82, 2.24) is 10.6 Å². The van der Waals surface area contributed by atoms with E-state index in [0.29, 0.717) is 0 Å². The first kappa shape index (κ1) is 12.8. The highest BCUT2D eigenvalue weighted by molar-refractivity contribution is 6.29. The van der Waals surface area contributed by atoms with E-state index in [1.165, 1.54) is 6.08 Å². The van der Waals surface area contributed by atoms with Gasteiger partial charge < -0.3 is 0 Å². The molecule has 1 fully saturated rings. The fourth-order valence-corrected chi connectivity index (χ4v) is 1.65. The zero-order chi connectivity index (χ0) is 13.8. The molecule has 96 valence electrons. The van der Waals surface area contributed by atoms with Crippen LogP contribution in [0.2, 0.25) is 0 Å². The van der Waals surface area contributed by atoms with Crippen LogP contribution in [0.15, 0.2) is 42.0 Å². The van der Waals surface area contributed by atoms with Gasteiger partial charge in [-0.3, -0.25) is 20.2 Å². The Morgan fingerprint density at radius 3 is 2.26 bits per heavy atom. The Labute approximate surface area is 110 Å². The number of carbonyl (C=O) groups excluding carboxylic acids is 3. The summed E-state index contributed by atoms with van der Waals surface area (Å²) in [5.41, 5.74) is 1.99. The third kappa shape index (κ3) is 2.95. The molecule has 1 heterocycles. The van der Waals surface area contributed by atoms with Gasteiger partial charge in [-0.05, 0) is 24.1 Å². The maximum absolute atomic E-state index is 11.4. The minimum atomic E-state index is -0.796. The molecule has 5 heteroatoms. The van der Waals surface area contributed by atoms with Crippen molar-refractivity contribution in [2.24, 2.45) is 0 Å². The SMILES string of the molecule is Cc1ccccc1C=CC=C1C(=O)NC(=O)NC1=O. The molecule has 1 aromatic rings. The highest BCUT2D eigenvalue weighted by Crippen LogP contribution is 2.09. The zero-order valence-corrected chi connectivity index (χ0v) is 10.3. The fraction of sp³-hybridized carbons (Fsp3) is 0.0714. The lowest BCUT2D eigenvalue weighted by molar-refractivity contribution is -0.124. The summed E-state index contributed by atoms with van der Waals surface area (Å²) >= 11 is 0. The first-order valence-corrected chi connectivity index (χ1v) is 5.68. The molecule has 2 N–H and O–H groups in total. The van der Waals surface area contributed by atoms with E-state index in [9.17, 15) is 14.4 Å². The number of hydrogen-bond acceptors (Lipinski definition) is 3. The predicted molar refractivity (Wildman–Crippen MR) is 70.0 cm³/mol. The number of rotatable bonds is 2. The minimum Gasteiger partial charge on any atom is -0.273 e. The Morgan fingerprint density at radius 1 is 1.00 bits per heavy atom. The number of urea groups is 1. The highest BCUT2D eigenvalue weighted by Gasteiger charge is 2.26. The Balaban J connectivity index is 2.18. The van der Waals surface area contributed by atoms with Crippen molar-refractivity contribution in [3.05, 3.63) is 53.1 Å². The molecule has 0 saturated carbocycles. The average molecular weight is 256 g/mol. The van der Waals surface area contributed by atoms with Crippen molar-refractivity contribution in [1.29, 1.82) is 0 Å². The maximum Gasteiger partial charge on any atom is 0.328 e. The third-order valence-electron chi connectivity index (χ3n) is 2.67. The number of nitrogens with one attached hydrogen (secondary N) is 2. The van der Waals surface area contributed by atoms with E-state index in [4.69, 9.17) is 0 Å². The van der Waals surface area contributed by atoms with Gasteiger partial charge in [0.25, 0.3) is 11.8 Å². The molecule has 1 saturated heterocycles. The Hall–Kier alpha value is -2.69. The van der Waals surface area contributed by atoms with Gasteiger partial charge >= 0.3 is 6.03 Å². The van der Waals surface area contributed by atoms with Crippen molar-refractivity contribution >= 4 is 23.9 Å². The summed E-state index contributed by atoms with van der Waals surface area (Å²) in [5, 5.41) is 4.02. The first-order valence-electron chi connectivity index (χ1n) is 5.68. The Bertz CT molecular complexity index is 593. The molecule has 0 spiro atoms. The summed E-state index contributed by atoms with van der Waals surface area (Å²) in [6, 6.07) is 6.92. The van der Waals surface area contributed by atoms with Crippen LogP contribution in [0.3, 0.4) is 0 Å². The summed E-state index contributed by atoms with van der Waals surface area (Å²) in [5.74, 6) is -1.38. The van der Waals surface area contributed by atoms with E-state index in [-0.39, 0.29) is 5.57 Å². The summed E-state index contributed by atoms with van der Waals surface area (Å²) in [6.45, 7) is 1.96.